The summed E-state index contributed by atoms with van der Waals surface area (Å²) in [5.74, 6) is 1.80. The van der Waals surface area contributed by atoms with Gasteiger partial charge < -0.3 is 9.80 Å². The first-order valence-electron chi connectivity index (χ1n) is 14.4. The maximum absolute atomic E-state index is 14.9. The Morgan fingerprint density at radius 1 is 0.947 bits per heavy atom. The van der Waals surface area contributed by atoms with Crippen LogP contribution in [0.2, 0.25) is 0 Å². The molecule has 2 aliphatic heterocycles. The van der Waals surface area contributed by atoms with Crippen LogP contribution in [0.3, 0.4) is 0 Å². The lowest BCUT2D eigenvalue weighted by molar-refractivity contribution is 0.111. The van der Waals surface area contributed by atoms with E-state index in [4.69, 9.17) is 0 Å². The van der Waals surface area contributed by atoms with Crippen molar-refractivity contribution in [2.45, 2.75) is 59.3 Å². The van der Waals surface area contributed by atoms with Crippen LogP contribution < -0.4 is 9.80 Å². The molecule has 0 bridgehead atoms. The average molecular weight is 523 g/mol. The number of piperazine rings is 1. The largest absolute Gasteiger partial charge is 0.367 e. The summed E-state index contributed by atoms with van der Waals surface area (Å²) in [7, 11) is 0. The van der Waals surface area contributed by atoms with E-state index in [9.17, 15) is 14.0 Å². The van der Waals surface area contributed by atoms with Gasteiger partial charge in [0.05, 0.1) is 5.69 Å². The molecule has 4 rings (SSSR count). The first-order chi connectivity index (χ1) is 18.4. The van der Waals surface area contributed by atoms with Gasteiger partial charge in [0.15, 0.2) is 6.29 Å². The third-order valence-corrected chi connectivity index (χ3v) is 8.43. The van der Waals surface area contributed by atoms with Gasteiger partial charge in [-0.15, -0.1) is 0 Å². The number of anilines is 2. The van der Waals surface area contributed by atoms with Crippen molar-refractivity contribution >= 4 is 24.1 Å². The zero-order valence-electron chi connectivity index (χ0n) is 23.3. The normalized spacial score (nSPS) is 18.0. The van der Waals surface area contributed by atoms with Crippen LogP contribution >= 0.6 is 0 Å². The predicted octanol–water partition coefficient (Wildman–Crippen LogP) is 5.43. The molecule has 0 radical (unpaired) electrons. The second-order valence-electron chi connectivity index (χ2n) is 11.2. The van der Waals surface area contributed by atoms with Crippen LogP contribution in [0, 0.1) is 17.7 Å². The van der Waals surface area contributed by atoms with E-state index in [1.165, 1.54) is 6.07 Å². The van der Waals surface area contributed by atoms with Crippen molar-refractivity contribution in [2.75, 3.05) is 55.6 Å². The molecule has 2 aliphatic rings. The van der Waals surface area contributed by atoms with E-state index in [2.05, 4.69) is 46.5 Å². The highest BCUT2D eigenvalue weighted by atomic mass is 19.1. The SMILES string of the molecule is CCCc1cc(N2CCC(CN3CCN(c4cc(CC(C)CC)c(C=O)cc4F)CC3)CC2)ncc1C=O. The Kier molecular flexibility index (Phi) is 9.89. The number of halogens is 1. The summed E-state index contributed by atoms with van der Waals surface area (Å²) in [5, 5.41) is 0. The minimum atomic E-state index is -0.294. The summed E-state index contributed by atoms with van der Waals surface area (Å²) >= 11 is 0. The third-order valence-electron chi connectivity index (χ3n) is 8.43. The Bertz CT molecular complexity index is 1090. The molecule has 3 heterocycles. The van der Waals surface area contributed by atoms with Gasteiger partial charge in [0, 0.05) is 63.1 Å². The molecular weight excluding hydrogens is 479 g/mol. The molecule has 1 aromatic heterocycles. The molecule has 7 heteroatoms. The molecule has 0 spiro atoms. The fraction of sp³-hybridized carbons (Fsp3) is 0.581. The van der Waals surface area contributed by atoms with Crippen molar-refractivity contribution in [3.63, 3.8) is 0 Å². The molecule has 0 saturated carbocycles. The quantitative estimate of drug-likeness (QED) is 0.367. The summed E-state index contributed by atoms with van der Waals surface area (Å²) in [5.41, 5.74) is 3.87. The molecule has 0 amide bonds. The standard InChI is InChI=1S/C31H43FN4O2/c1-4-6-25-18-31(33-19-28(25)22-38)36-9-7-24(8-10-36)20-34-11-13-35(14-12-34)30-17-26(15-23(3)5-2)27(21-37)16-29(30)32/h16-19,21-24H,4-15,20H2,1-3H3. The van der Waals surface area contributed by atoms with Crippen molar-refractivity contribution in [1.82, 2.24) is 9.88 Å². The minimum absolute atomic E-state index is 0.294. The van der Waals surface area contributed by atoms with Crippen molar-refractivity contribution in [3.05, 3.63) is 52.5 Å². The highest BCUT2D eigenvalue weighted by Gasteiger charge is 2.26. The first-order valence-corrected chi connectivity index (χ1v) is 14.4. The molecule has 1 aromatic carbocycles. The van der Waals surface area contributed by atoms with E-state index in [0.717, 1.165) is 114 Å². The molecule has 0 N–H and O–H groups in total. The van der Waals surface area contributed by atoms with E-state index < -0.39 is 0 Å². The number of rotatable bonds is 11. The van der Waals surface area contributed by atoms with Gasteiger partial charge in [-0.05, 0) is 66.8 Å². The fourth-order valence-corrected chi connectivity index (χ4v) is 5.81. The maximum atomic E-state index is 14.9. The molecule has 2 saturated heterocycles. The number of benzene rings is 1. The Balaban J connectivity index is 1.29. The van der Waals surface area contributed by atoms with E-state index >= 15 is 0 Å². The molecule has 6 nitrogen and oxygen atoms in total. The fourth-order valence-electron chi connectivity index (χ4n) is 5.81. The molecule has 206 valence electrons. The van der Waals surface area contributed by atoms with E-state index in [-0.39, 0.29) is 5.82 Å². The molecule has 38 heavy (non-hydrogen) atoms. The summed E-state index contributed by atoms with van der Waals surface area (Å²) in [6.07, 6.45) is 9.41. The molecule has 2 aromatic rings. The highest BCUT2D eigenvalue weighted by Crippen LogP contribution is 2.28. The number of aryl methyl sites for hydroxylation is 1. The van der Waals surface area contributed by atoms with E-state index in [1.54, 1.807) is 6.20 Å². The van der Waals surface area contributed by atoms with Gasteiger partial charge in [-0.2, -0.15) is 0 Å². The maximum Gasteiger partial charge on any atom is 0.151 e. The van der Waals surface area contributed by atoms with Crippen molar-refractivity contribution in [3.8, 4) is 0 Å². The van der Waals surface area contributed by atoms with Crippen LogP contribution in [0.4, 0.5) is 15.9 Å². The minimum Gasteiger partial charge on any atom is -0.367 e. The summed E-state index contributed by atoms with van der Waals surface area (Å²) in [6, 6.07) is 5.44. The molecule has 1 unspecified atom stereocenters. The summed E-state index contributed by atoms with van der Waals surface area (Å²) in [4.78, 5) is 34.5. The lowest BCUT2D eigenvalue weighted by atomic mass is 9.94. The number of piperidine rings is 1. The monoisotopic (exact) mass is 522 g/mol. The second-order valence-corrected chi connectivity index (χ2v) is 11.2. The number of aldehydes is 2. The van der Waals surface area contributed by atoms with Gasteiger partial charge >= 0.3 is 0 Å². The Labute approximate surface area is 227 Å². The van der Waals surface area contributed by atoms with Crippen LogP contribution in [0.1, 0.15) is 78.3 Å². The number of hydrogen-bond acceptors (Lipinski definition) is 6. The van der Waals surface area contributed by atoms with Gasteiger partial charge in [0.25, 0.3) is 0 Å². The summed E-state index contributed by atoms with van der Waals surface area (Å²) in [6.45, 7) is 12.9. The first kappa shape index (κ1) is 28.2. The number of hydrogen-bond donors (Lipinski definition) is 0. The number of carbonyl (C=O) groups excluding carboxylic acids is 2. The van der Waals surface area contributed by atoms with Gasteiger partial charge in [0.2, 0.25) is 0 Å². The highest BCUT2D eigenvalue weighted by molar-refractivity contribution is 5.79. The average Bonchev–Trinajstić information content (AvgIpc) is 2.94. The van der Waals surface area contributed by atoms with Crippen LogP contribution in [0.25, 0.3) is 0 Å². The number of pyridine rings is 1. The van der Waals surface area contributed by atoms with Gasteiger partial charge in [-0.3, -0.25) is 14.5 Å². The number of nitrogens with zero attached hydrogens (tertiary/aromatic N) is 4. The van der Waals surface area contributed by atoms with Crippen LogP contribution in [-0.4, -0.2) is 68.3 Å². The smallest absolute Gasteiger partial charge is 0.151 e. The Morgan fingerprint density at radius 3 is 2.29 bits per heavy atom. The van der Waals surface area contributed by atoms with Crippen LogP contribution in [0.5, 0.6) is 0 Å². The predicted molar refractivity (Wildman–Crippen MR) is 152 cm³/mol. The number of carbonyl (C=O) groups is 2. The molecule has 0 aliphatic carbocycles. The summed E-state index contributed by atoms with van der Waals surface area (Å²) < 4.78 is 14.9. The van der Waals surface area contributed by atoms with E-state index in [0.29, 0.717) is 28.7 Å². The Hall–Kier alpha value is -2.80. The van der Waals surface area contributed by atoms with Gasteiger partial charge in [-0.25, -0.2) is 9.37 Å². The third kappa shape index (κ3) is 6.79. The van der Waals surface area contributed by atoms with E-state index in [1.807, 2.05) is 6.07 Å². The van der Waals surface area contributed by atoms with Crippen molar-refractivity contribution in [1.29, 1.82) is 0 Å². The Morgan fingerprint density at radius 2 is 1.66 bits per heavy atom. The lowest BCUT2D eigenvalue weighted by Crippen LogP contribution is -2.49. The van der Waals surface area contributed by atoms with Gasteiger partial charge in [0.1, 0.15) is 17.9 Å². The van der Waals surface area contributed by atoms with Crippen molar-refractivity contribution in [2.24, 2.45) is 11.8 Å². The lowest BCUT2D eigenvalue weighted by Gasteiger charge is -2.40. The molecule has 2 fully saturated rings. The van der Waals surface area contributed by atoms with Crippen LogP contribution in [-0.2, 0) is 12.8 Å². The topological polar surface area (TPSA) is 56.8 Å². The van der Waals surface area contributed by atoms with Crippen molar-refractivity contribution < 1.29 is 14.0 Å². The van der Waals surface area contributed by atoms with Crippen LogP contribution in [0.15, 0.2) is 24.4 Å². The second kappa shape index (κ2) is 13.3. The number of aromatic nitrogens is 1. The molecule has 1 atom stereocenters. The zero-order chi connectivity index (χ0) is 27.1. The zero-order valence-corrected chi connectivity index (χ0v) is 23.3. The molecular formula is C31H43FN4O2. The van der Waals surface area contributed by atoms with Gasteiger partial charge in [-0.1, -0.05) is 33.6 Å².